The van der Waals surface area contributed by atoms with Gasteiger partial charge in [-0.1, -0.05) is 38.1 Å². The Morgan fingerprint density at radius 3 is 2.26 bits per heavy atom. The summed E-state index contributed by atoms with van der Waals surface area (Å²) < 4.78 is 45.4. The van der Waals surface area contributed by atoms with Gasteiger partial charge in [-0.2, -0.15) is 13.2 Å². The number of nitrogens with one attached hydrogen (secondary N) is 1. The van der Waals surface area contributed by atoms with E-state index in [1.807, 2.05) is 43.0 Å². The summed E-state index contributed by atoms with van der Waals surface area (Å²) in [6.07, 6.45) is -4.08. The standard InChI is InChI=1S/C31H35F3N4O4/c1-4-42-29(41)37-15-13-36(14-16-37)26(40)19-38-24-8-6-5-7-22(24)35-23-17-30(2,3)18-25(39)27(23)28(38)20-9-11-21(12-10-20)31(32,33)34/h5-12,28,35H,4,13-19H2,1-3H3. The summed E-state index contributed by atoms with van der Waals surface area (Å²) in [4.78, 5) is 44.8. The molecule has 0 saturated carbocycles. The third-order valence-corrected chi connectivity index (χ3v) is 8.02. The Balaban J connectivity index is 1.54. The molecule has 2 amide bonds. The van der Waals surface area contributed by atoms with E-state index in [-0.39, 0.29) is 36.7 Å². The first-order valence-electron chi connectivity index (χ1n) is 14.1. The molecule has 1 N–H and O–H groups in total. The van der Waals surface area contributed by atoms with Gasteiger partial charge in [-0.3, -0.25) is 9.59 Å². The molecule has 1 fully saturated rings. The van der Waals surface area contributed by atoms with Crippen LogP contribution in [0.3, 0.4) is 0 Å². The average Bonchev–Trinajstić information content (AvgIpc) is 3.06. The largest absolute Gasteiger partial charge is 0.450 e. The minimum atomic E-state index is -4.51. The first-order chi connectivity index (χ1) is 19.9. The Kier molecular flexibility index (Phi) is 7.96. The van der Waals surface area contributed by atoms with Crippen LogP contribution in [0.2, 0.25) is 0 Å². The predicted octanol–water partition coefficient (Wildman–Crippen LogP) is 5.62. The van der Waals surface area contributed by atoms with Crippen LogP contribution in [0.5, 0.6) is 0 Å². The fourth-order valence-electron chi connectivity index (χ4n) is 6.03. The molecule has 11 heteroatoms. The van der Waals surface area contributed by atoms with Crippen molar-refractivity contribution in [3.63, 3.8) is 0 Å². The minimum absolute atomic E-state index is 0.105. The Hall–Kier alpha value is -4.02. The van der Waals surface area contributed by atoms with Gasteiger partial charge in [0.05, 0.1) is 36.1 Å². The van der Waals surface area contributed by atoms with E-state index in [4.69, 9.17) is 4.74 Å². The van der Waals surface area contributed by atoms with E-state index < -0.39 is 23.9 Å². The Labute approximate surface area is 243 Å². The highest BCUT2D eigenvalue weighted by molar-refractivity contribution is 6.02. The number of halogens is 3. The molecule has 2 aromatic rings. The van der Waals surface area contributed by atoms with Crippen molar-refractivity contribution in [2.45, 2.75) is 45.8 Å². The van der Waals surface area contributed by atoms with Gasteiger partial charge in [-0.25, -0.2) is 4.79 Å². The monoisotopic (exact) mass is 584 g/mol. The molecule has 1 unspecified atom stereocenters. The maximum atomic E-state index is 13.8. The molecule has 1 atom stereocenters. The highest BCUT2D eigenvalue weighted by atomic mass is 19.4. The summed E-state index contributed by atoms with van der Waals surface area (Å²) in [6, 6.07) is 11.5. The van der Waals surface area contributed by atoms with Crippen molar-refractivity contribution in [1.82, 2.24) is 9.80 Å². The molecular formula is C31H35F3N4O4. The molecule has 0 radical (unpaired) electrons. The highest BCUT2D eigenvalue weighted by Crippen LogP contribution is 2.48. The van der Waals surface area contributed by atoms with Crippen LogP contribution in [-0.2, 0) is 20.5 Å². The number of hydrogen-bond acceptors (Lipinski definition) is 6. The molecule has 224 valence electrons. The maximum absolute atomic E-state index is 13.8. The molecule has 1 aliphatic carbocycles. The van der Waals surface area contributed by atoms with Gasteiger partial charge < -0.3 is 24.8 Å². The number of hydrogen-bond donors (Lipinski definition) is 1. The molecule has 3 aliphatic rings. The van der Waals surface area contributed by atoms with Crippen molar-refractivity contribution in [2.24, 2.45) is 5.41 Å². The fraction of sp³-hybridized carbons (Fsp3) is 0.452. The zero-order valence-electron chi connectivity index (χ0n) is 24.0. The number of anilines is 2. The number of ether oxygens (including phenoxy) is 1. The van der Waals surface area contributed by atoms with Gasteiger partial charge in [0.1, 0.15) is 0 Å². The van der Waals surface area contributed by atoms with Gasteiger partial charge in [0.15, 0.2) is 5.78 Å². The van der Waals surface area contributed by atoms with E-state index in [1.165, 1.54) is 12.1 Å². The number of para-hydroxylation sites is 2. The number of amides is 2. The van der Waals surface area contributed by atoms with Gasteiger partial charge in [-0.15, -0.1) is 0 Å². The van der Waals surface area contributed by atoms with Crippen molar-refractivity contribution in [2.75, 3.05) is 49.5 Å². The topological polar surface area (TPSA) is 82.2 Å². The Bertz CT molecular complexity index is 1400. The molecule has 2 aromatic carbocycles. The van der Waals surface area contributed by atoms with E-state index in [1.54, 1.807) is 16.7 Å². The lowest BCUT2D eigenvalue weighted by molar-refractivity contribution is -0.137. The van der Waals surface area contributed by atoms with E-state index in [9.17, 15) is 27.6 Å². The number of fused-ring (bicyclic) bond motifs is 1. The summed E-state index contributed by atoms with van der Waals surface area (Å²) in [5.74, 6) is -0.315. The number of Topliss-reactive ketones (excluding diaryl/α,β-unsaturated/α-hetero) is 1. The third kappa shape index (κ3) is 5.96. The second-order valence-corrected chi connectivity index (χ2v) is 11.7. The average molecular weight is 585 g/mol. The van der Waals surface area contributed by atoms with Gasteiger partial charge in [0.2, 0.25) is 5.91 Å². The molecule has 0 bridgehead atoms. The van der Waals surface area contributed by atoms with Crippen LogP contribution < -0.4 is 10.2 Å². The summed E-state index contributed by atoms with van der Waals surface area (Å²) in [6.45, 7) is 7.19. The second kappa shape index (κ2) is 11.3. The third-order valence-electron chi connectivity index (χ3n) is 8.02. The number of benzene rings is 2. The first-order valence-corrected chi connectivity index (χ1v) is 14.1. The molecule has 2 heterocycles. The quantitative estimate of drug-likeness (QED) is 0.502. The molecule has 0 spiro atoms. The molecule has 1 saturated heterocycles. The number of allylic oxidation sites excluding steroid dienone is 1. The summed E-state index contributed by atoms with van der Waals surface area (Å²) in [5, 5.41) is 3.45. The molecule has 5 rings (SSSR count). The number of carbonyl (C=O) groups is 3. The SMILES string of the molecule is CCOC(=O)N1CCN(C(=O)CN2c3ccccc3NC3=C(C(=O)CC(C)(C)C3)C2c2ccc(C(F)(F)F)cc2)CC1. The van der Waals surface area contributed by atoms with Crippen LogP contribution in [0, 0.1) is 5.41 Å². The predicted molar refractivity (Wildman–Crippen MR) is 152 cm³/mol. The van der Waals surface area contributed by atoms with E-state index in [0.717, 1.165) is 12.1 Å². The summed E-state index contributed by atoms with van der Waals surface area (Å²) in [7, 11) is 0. The molecular weight excluding hydrogens is 549 g/mol. The van der Waals surface area contributed by atoms with E-state index >= 15 is 0 Å². The number of nitrogens with zero attached hydrogens (tertiary/aromatic N) is 3. The highest BCUT2D eigenvalue weighted by Gasteiger charge is 2.42. The van der Waals surface area contributed by atoms with E-state index in [2.05, 4.69) is 5.32 Å². The number of rotatable bonds is 4. The Morgan fingerprint density at radius 1 is 0.976 bits per heavy atom. The van der Waals surface area contributed by atoms with Crippen molar-refractivity contribution >= 4 is 29.2 Å². The van der Waals surface area contributed by atoms with Crippen molar-refractivity contribution in [3.05, 3.63) is 70.9 Å². The maximum Gasteiger partial charge on any atom is 0.416 e. The molecule has 2 aliphatic heterocycles. The number of piperazine rings is 1. The van der Waals surface area contributed by atoms with Gasteiger partial charge in [0.25, 0.3) is 0 Å². The smallest absolute Gasteiger partial charge is 0.416 e. The van der Waals surface area contributed by atoms with E-state index in [0.29, 0.717) is 60.8 Å². The van der Waals surface area contributed by atoms with Crippen LogP contribution in [0.15, 0.2) is 59.8 Å². The Morgan fingerprint density at radius 2 is 1.62 bits per heavy atom. The van der Waals surface area contributed by atoms with Crippen molar-refractivity contribution in [3.8, 4) is 0 Å². The zero-order chi connectivity index (χ0) is 30.2. The summed E-state index contributed by atoms with van der Waals surface area (Å²) in [5.41, 5.74) is 1.95. The van der Waals surface area contributed by atoms with Crippen molar-refractivity contribution < 1.29 is 32.3 Å². The number of alkyl halides is 3. The van der Waals surface area contributed by atoms with Gasteiger partial charge >= 0.3 is 12.3 Å². The molecule has 0 aromatic heterocycles. The van der Waals surface area contributed by atoms with Crippen LogP contribution in [-0.4, -0.2) is 66.9 Å². The number of carbonyl (C=O) groups excluding carboxylic acids is 3. The lowest BCUT2D eigenvalue weighted by atomic mass is 9.73. The van der Waals surface area contributed by atoms with Crippen molar-refractivity contribution in [1.29, 1.82) is 0 Å². The van der Waals surface area contributed by atoms with Gasteiger partial charge in [0, 0.05) is 43.9 Å². The minimum Gasteiger partial charge on any atom is -0.450 e. The van der Waals surface area contributed by atoms with Crippen LogP contribution in [0.4, 0.5) is 29.3 Å². The number of ketones is 1. The fourth-order valence-corrected chi connectivity index (χ4v) is 6.03. The summed E-state index contributed by atoms with van der Waals surface area (Å²) >= 11 is 0. The second-order valence-electron chi connectivity index (χ2n) is 11.7. The lowest BCUT2D eigenvalue weighted by Gasteiger charge is -2.39. The molecule has 42 heavy (non-hydrogen) atoms. The van der Waals surface area contributed by atoms with Crippen LogP contribution >= 0.6 is 0 Å². The van der Waals surface area contributed by atoms with Gasteiger partial charge in [-0.05, 0) is 48.6 Å². The van der Waals surface area contributed by atoms with Crippen LogP contribution in [0.25, 0.3) is 0 Å². The first kappa shape index (κ1) is 29.5. The lowest BCUT2D eigenvalue weighted by Crippen LogP contribution is -2.53. The zero-order valence-corrected chi connectivity index (χ0v) is 24.0. The molecule has 8 nitrogen and oxygen atoms in total. The normalized spacial score (nSPS) is 20.4. The van der Waals surface area contributed by atoms with Crippen LogP contribution in [0.1, 0.15) is 50.8 Å².